The van der Waals surface area contributed by atoms with Gasteiger partial charge in [0.1, 0.15) is 0 Å². The summed E-state index contributed by atoms with van der Waals surface area (Å²) in [5.41, 5.74) is 1.10. The number of amides is 1. The summed E-state index contributed by atoms with van der Waals surface area (Å²) in [5, 5.41) is 2.90. The van der Waals surface area contributed by atoms with Gasteiger partial charge in [0.25, 0.3) is 5.91 Å². The highest BCUT2D eigenvalue weighted by Gasteiger charge is 2.60. The van der Waals surface area contributed by atoms with E-state index in [1.165, 1.54) is 44.1 Å². The summed E-state index contributed by atoms with van der Waals surface area (Å²) in [5.74, 6) is 0.968. The topological polar surface area (TPSA) is 55.4 Å². The SMILES string of the molecule is O=C(COC(=O)C12C[C@@H]3C[C@H](CC(Br)(C3)C1)C2)NCCC1=CCCCC1. The second-order valence-electron chi connectivity index (χ2n) is 9.18. The molecule has 4 nitrogen and oxygen atoms in total. The van der Waals surface area contributed by atoms with E-state index in [2.05, 4.69) is 27.3 Å². The summed E-state index contributed by atoms with van der Waals surface area (Å²) < 4.78 is 5.62. The predicted octanol–water partition coefficient (Wildman–Crippen LogP) is 4.27. The van der Waals surface area contributed by atoms with E-state index < -0.39 is 0 Å². The molecule has 2 atom stereocenters. The molecule has 144 valence electrons. The van der Waals surface area contributed by atoms with E-state index in [9.17, 15) is 9.59 Å². The number of rotatable bonds is 6. The van der Waals surface area contributed by atoms with E-state index in [1.54, 1.807) is 0 Å². The summed E-state index contributed by atoms with van der Waals surface area (Å²) in [4.78, 5) is 24.9. The van der Waals surface area contributed by atoms with Crippen LogP contribution in [0.15, 0.2) is 11.6 Å². The van der Waals surface area contributed by atoms with E-state index >= 15 is 0 Å². The summed E-state index contributed by atoms with van der Waals surface area (Å²) in [6.45, 7) is 0.506. The third-order valence-corrected chi connectivity index (χ3v) is 7.84. The molecule has 0 spiro atoms. The first kappa shape index (κ1) is 18.5. The Labute approximate surface area is 164 Å². The van der Waals surface area contributed by atoms with Gasteiger partial charge < -0.3 is 10.1 Å². The number of carbonyl (C=O) groups is 2. The number of alkyl halides is 1. The molecular weight excluding hydrogens is 394 g/mol. The molecule has 0 aromatic heterocycles. The van der Waals surface area contributed by atoms with E-state index in [0.717, 1.165) is 32.1 Å². The standard InChI is InChI=1S/C21H30BrNO3/c22-21-11-16-8-17(12-21)10-20(9-16,14-21)19(25)26-13-18(24)23-7-6-15-4-2-1-3-5-15/h4,16-17H,1-3,5-14H2,(H,23,24)/t16-,17-,20?,21?/m0/s1. The predicted molar refractivity (Wildman–Crippen MR) is 104 cm³/mol. The molecule has 26 heavy (non-hydrogen) atoms. The van der Waals surface area contributed by atoms with E-state index in [0.29, 0.717) is 18.4 Å². The van der Waals surface area contributed by atoms with Gasteiger partial charge >= 0.3 is 5.97 Å². The van der Waals surface area contributed by atoms with E-state index in [4.69, 9.17) is 4.74 Å². The Bertz CT molecular complexity index is 600. The number of hydrogen-bond acceptors (Lipinski definition) is 3. The molecular formula is C21H30BrNO3. The number of nitrogens with one attached hydrogen (secondary N) is 1. The van der Waals surface area contributed by atoms with E-state index in [-0.39, 0.29) is 28.2 Å². The number of esters is 1. The lowest BCUT2D eigenvalue weighted by molar-refractivity contribution is -0.171. The largest absolute Gasteiger partial charge is 0.455 e. The van der Waals surface area contributed by atoms with Crippen molar-refractivity contribution in [3.05, 3.63) is 11.6 Å². The lowest BCUT2D eigenvalue weighted by Crippen LogP contribution is -2.56. The maximum Gasteiger partial charge on any atom is 0.312 e. The fourth-order valence-electron chi connectivity index (χ4n) is 6.22. The molecule has 1 N–H and O–H groups in total. The highest BCUT2D eigenvalue weighted by molar-refractivity contribution is 9.10. The molecule has 0 aromatic carbocycles. The van der Waals surface area contributed by atoms with Crippen LogP contribution >= 0.6 is 15.9 Å². The van der Waals surface area contributed by atoms with Crippen LogP contribution in [0.5, 0.6) is 0 Å². The maximum atomic E-state index is 12.8. The maximum absolute atomic E-state index is 12.8. The van der Waals surface area contributed by atoms with Gasteiger partial charge in [-0.05, 0) is 82.5 Å². The monoisotopic (exact) mass is 423 g/mol. The molecule has 0 aromatic rings. The number of halogens is 1. The van der Waals surface area contributed by atoms with Crippen molar-refractivity contribution in [3.8, 4) is 0 Å². The highest BCUT2D eigenvalue weighted by Crippen LogP contribution is 2.64. The van der Waals surface area contributed by atoms with Gasteiger partial charge in [-0.15, -0.1) is 0 Å². The van der Waals surface area contributed by atoms with Gasteiger partial charge in [0, 0.05) is 10.9 Å². The van der Waals surface area contributed by atoms with Crippen molar-refractivity contribution in [1.82, 2.24) is 5.32 Å². The van der Waals surface area contributed by atoms with Crippen LogP contribution in [0, 0.1) is 17.3 Å². The van der Waals surface area contributed by atoms with Crippen molar-refractivity contribution >= 4 is 27.8 Å². The summed E-state index contributed by atoms with van der Waals surface area (Å²) in [6, 6.07) is 0. The average Bonchev–Trinajstić information content (AvgIpc) is 2.58. The Morgan fingerprint density at radius 2 is 1.96 bits per heavy atom. The molecule has 1 amide bonds. The van der Waals surface area contributed by atoms with Crippen molar-refractivity contribution in [2.45, 2.75) is 75.0 Å². The van der Waals surface area contributed by atoms with E-state index in [1.807, 2.05) is 0 Å². The molecule has 0 unspecified atom stereocenters. The third-order valence-electron chi connectivity index (χ3n) is 6.91. The van der Waals surface area contributed by atoms with Crippen molar-refractivity contribution < 1.29 is 14.3 Å². The fraction of sp³-hybridized carbons (Fsp3) is 0.810. The molecule has 0 saturated heterocycles. The molecule has 5 aliphatic rings. The highest BCUT2D eigenvalue weighted by atomic mass is 79.9. The Kier molecular flexibility index (Phi) is 5.19. The minimum Gasteiger partial charge on any atom is -0.455 e. The number of ether oxygens (including phenoxy) is 1. The second-order valence-corrected chi connectivity index (χ2v) is 10.9. The Hall–Kier alpha value is -0.840. The van der Waals surface area contributed by atoms with Crippen LogP contribution in [0.2, 0.25) is 0 Å². The van der Waals surface area contributed by atoms with Gasteiger partial charge in [-0.3, -0.25) is 9.59 Å². The van der Waals surface area contributed by atoms with Crippen LogP contribution in [-0.2, 0) is 14.3 Å². The van der Waals surface area contributed by atoms with Gasteiger partial charge in [0.2, 0.25) is 0 Å². The van der Waals surface area contributed by atoms with Gasteiger partial charge in [-0.1, -0.05) is 27.6 Å². The molecule has 4 fully saturated rings. The van der Waals surface area contributed by atoms with Crippen LogP contribution in [0.4, 0.5) is 0 Å². The fourth-order valence-corrected chi connectivity index (χ4v) is 7.67. The minimum absolute atomic E-state index is 0.131. The zero-order valence-corrected chi connectivity index (χ0v) is 17.1. The summed E-state index contributed by atoms with van der Waals surface area (Å²) in [7, 11) is 0. The smallest absolute Gasteiger partial charge is 0.312 e. The average molecular weight is 424 g/mol. The zero-order valence-electron chi connectivity index (χ0n) is 15.5. The Morgan fingerprint density at radius 3 is 2.62 bits per heavy atom. The number of allylic oxidation sites excluding steroid dienone is 1. The van der Waals surface area contributed by atoms with Gasteiger partial charge in [-0.2, -0.15) is 0 Å². The first-order valence-electron chi connectivity index (χ1n) is 10.3. The molecule has 5 aliphatic carbocycles. The van der Waals surface area contributed by atoms with Crippen LogP contribution in [0.1, 0.15) is 70.6 Å². The van der Waals surface area contributed by atoms with Crippen LogP contribution in [0.25, 0.3) is 0 Å². The first-order chi connectivity index (χ1) is 12.5. The van der Waals surface area contributed by atoms with Gasteiger partial charge in [-0.25, -0.2) is 0 Å². The van der Waals surface area contributed by atoms with Crippen molar-refractivity contribution in [3.63, 3.8) is 0 Å². The molecule has 0 aliphatic heterocycles. The molecule has 0 radical (unpaired) electrons. The Balaban J connectivity index is 1.24. The zero-order chi connectivity index (χ0) is 18.2. The molecule has 0 heterocycles. The third kappa shape index (κ3) is 3.88. The lowest BCUT2D eigenvalue weighted by Gasteiger charge is -2.58. The lowest BCUT2D eigenvalue weighted by atomic mass is 9.49. The number of hydrogen-bond donors (Lipinski definition) is 1. The van der Waals surface area contributed by atoms with Crippen LogP contribution in [0.3, 0.4) is 0 Å². The van der Waals surface area contributed by atoms with Crippen molar-refractivity contribution in [2.75, 3.05) is 13.2 Å². The number of carbonyl (C=O) groups excluding carboxylic acids is 2. The molecule has 5 heteroatoms. The molecule has 5 rings (SSSR count). The normalized spacial score (nSPS) is 38.0. The van der Waals surface area contributed by atoms with Crippen molar-refractivity contribution in [2.24, 2.45) is 17.3 Å². The van der Waals surface area contributed by atoms with Crippen LogP contribution in [-0.4, -0.2) is 29.4 Å². The summed E-state index contributed by atoms with van der Waals surface area (Å²) >= 11 is 3.92. The van der Waals surface area contributed by atoms with Crippen molar-refractivity contribution in [1.29, 1.82) is 0 Å². The minimum atomic E-state index is -0.346. The molecule has 4 bridgehead atoms. The van der Waals surface area contributed by atoms with Gasteiger partial charge in [0.05, 0.1) is 5.41 Å². The summed E-state index contributed by atoms with van der Waals surface area (Å²) in [6.07, 6.45) is 14.5. The second kappa shape index (κ2) is 7.29. The molecule has 4 saturated carbocycles. The Morgan fingerprint density at radius 1 is 1.19 bits per heavy atom. The first-order valence-corrected chi connectivity index (χ1v) is 11.1. The van der Waals surface area contributed by atoms with Crippen LogP contribution < -0.4 is 5.32 Å². The quantitative estimate of drug-likeness (QED) is 0.394. The van der Waals surface area contributed by atoms with Gasteiger partial charge in [0.15, 0.2) is 6.61 Å².